The summed E-state index contributed by atoms with van der Waals surface area (Å²) in [5.74, 6) is 0.310. The summed E-state index contributed by atoms with van der Waals surface area (Å²) < 4.78 is 23.9. The Labute approximate surface area is 211 Å². The Morgan fingerprint density at radius 1 is 1.06 bits per heavy atom. The quantitative estimate of drug-likeness (QED) is 0.536. The number of nitrogens with zero attached hydrogens (tertiary/aromatic N) is 3. The maximum Gasteiger partial charge on any atom is 0.229 e. The first kappa shape index (κ1) is 25.6. The van der Waals surface area contributed by atoms with Gasteiger partial charge >= 0.3 is 0 Å². The largest absolute Gasteiger partial charge is 0.310 e. The number of hydrogen-bond acceptors (Lipinski definition) is 7. The predicted molar refractivity (Wildman–Crippen MR) is 137 cm³/mol. The fourth-order valence-corrected chi connectivity index (χ4v) is 5.64. The molecule has 0 bridgehead atoms. The Kier molecular flexibility index (Phi) is 6.79. The van der Waals surface area contributed by atoms with E-state index in [4.69, 9.17) is 0 Å². The highest BCUT2D eigenvalue weighted by molar-refractivity contribution is 7.91. The first-order chi connectivity index (χ1) is 16.9. The van der Waals surface area contributed by atoms with Crippen molar-refractivity contribution in [1.82, 2.24) is 15.0 Å². The fraction of sp³-hybridized carbons (Fsp3) is 0.370. The van der Waals surface area contributed by atoms with Crippen molar-refractivity contribution in [1.29, 1.82) is 0 Å². The number of Topliss-reactive ketones (excluding diaryl/α,β-unsaturated/α-hetero) is 1. The molecule has 0 radical (unpaired) electrons. The molecule has 8 nitrogen and oxygen atoms in total. The van der Waals surface area contributed by atoms with Crippen LogP contribution in [0.3, 0.4) is 0 Å². The zero-order chi connectivity index (χ0) is 26.3. The smallest absolute Gasteiger partial charge is 0.229 e. The molecule has 9 heteroatoms. The van der Waals surface area contributed by atoms with Gasteiger partial charge in [-0.3, -0.25) is 9.59 Å². The molecule has 1 aliphatic rings. The number of amides is 1. The number of nitrogens with one attached hydrogen (secondary N) is 1. The SMILES string of the molecule is CCS(=O)(=O)c1ccc(CC(=O)Nc2ccc3c(n2)CC(C)(C)C(c2cc(C)nc(C)n2)C3=O)cc1. The third kappa shape index (κ3) is 5.21. The number of benzene rings is 1. The lowest BCUT2D eigenvalue weighted by Crippen LogP contribution is -2.37. The minimum Gasteiger partial charge on any atom is -0.310 e. The number of carbonyl (C=O) groups excluding carboxylic acids is 2. The molecule has 3 aromatic rings. The number of hydrogen-bond donors (Lipinski definition) is 1. The second-order valence-electron chi connectivity index (χ2n) is 9.91. The predicted octanol–water partition coefficient (Wildman–Crippen LogP) is 4.01. The van der Waals surface area contributed by atoms with E-state index in [9.17, 15) is 18.0 Å². The third-order valence-electron chi connectivity index (χ3n) is 6.48. The van der Waals surface area contributed by atoms with Crippen LogP contribution < -0.4 is 5.32 Å². The summed E-state index contributed by atoms with van der Waals surface area (Å²) in [6, 6.07) is 11.5. The molecule has 1 unspecified atom stereocenters. The zero-order valence-electron chi connectivity index (χ0n) is 21.1. The second-order valence-corrected chi connectivity index (χ2v) is 12.2. The van der Waals surface area contributed by atoms with Crippen molar-refractivity contribution in [2.75, 3.05) is 11.1 Å². The minimum atomic E-state index is -3.29. The molecule has 1 N–H and O–H groups in total. The summed E-state index contributed by atoms with van der Waals surface area (Å²) in [4.78, 5) is 39.9. The Morgan fingerprint density at radius 3 is 2.39 bits per heavy atom. The third-order valence-corrected chi connectivity index (χ3v) is 8.23. The van der Waals surface area contributed by atoms with Crippen molar-refractivity contribution < 1.29 is 18.0 Å². The zero-order valence-corrected chi connectivity index (χ0v) is 21.9. The number of sulfone groups is 1. The number of rotatable bonds is 6. The molecule has 4 rings (SSSR count). The van der Waals surface area contributed by atoms with Gasteiger partial charge in [-0.1, -0.05) is 32.9 Å². The van der Waals surface area contributed by atoms with Gasteiger partial charge in [0.05, 0.1) is 34.4 Å². The number of fused-ring (bicyclic) bond motifs is 1. The summed E-state index contributed by atoms with van der Waals surface area (Å²) >= 11 is 0. The number of ketones is 1. The van der Waals surface area contributed by atoms with Gasteiger partial charge in [-0.05, 0) is 61.6 Å². The summed E-state index contributed by atoms with van der Waals surface area (Å²) in [7, 11) is -3.29. The van der Waals surface area contributed by atoms with Crippen molar-refractivity contribution in [3.05, 3.63) is 76.5 Å². The Morgan fingerprint density at radius 2 is 1.75 bits per heavy atom. The van der Waals surface area contributed by atoms with Crippen LogP contribution in [0.4, 0.5) is 5.82 Å². The van der Waals surface area contributed by atoms with Crippen LogP contribution in [0.2, 0.25) is 0 Å². The van der Waals surface area contributed by atoms with Gasteiger partial charge < -0.3 is 5.32 Å². The van der Waals surface area contributed by atoms with Gasteiger partial charge in [-0.2, -0.15) is 0 Å². The molecule has 1 atom stereocenters. The van der Waals surface area contributed by atoms with Crippen LogP contribution in [0, 0.1) is 19.3 Å². The Balaban J connectivity index is 1.52. The number of anilines is 1. The van der Waals surface area contributed by atoms with E-state index in [0.717, 1.165) is 11.4 Å². The molecule has 1 amide bonds. The molecule has 0 fully saturated rings. The molecule has 0 saturated heterocycles. The molecular formula is C27H30N4O4S. The fourth-order valence-electron chi connectivity index (χ4n) is 4.76. The van der Waals surface area contributed by atoms with Crippen LogP contribution in [-0.4, -0.2) is 40.8 Å². The molecule has 1 aromatic carbocycles. The van der Waals surface area contributed by atoms with Gasteiger partial charge in [-0.15, -0.1) is 0 Å². The van der Waals surface area contributed by atoms with Crippen molar-refractivity contribution >= 4 is 27.3 Å². The minimum absolute atomic E-state index is 0.0231. The monoisotopic (exact) mass is 506 g/mol. The molecule has 0 saturated carbocycles. The Hall–Kier alpha value is -3.46. The molecule has 36 heavy (non-hydrogen) atoms. The second kappa shape index (κ2) is 9.54. The lowest BCUT2D eigenvalue weighted by Gasteiger charge is -2.37. The van der Waals surface area contributed by atoms with Gasteiger partial charge in [0.1, 0.15) is 11.6 Å². The topological polar surface area (TPSA) is 119 Å². The van der Waals surface area contributed by atoms with Gasteiger partial charge in [0.2, 0.25) is 5.91 Å². The van der Waals surface area contributed by atoms with E-state index in [2.05, 4.69) is 20.3 Å². The van der Waals surface area contributed by atoms with Crippen LogP contribution in [0.25, 0.3) is 0 Å². The van der Waals surface area contributed by atoms with Gasteiger partial charge in [0, 0.05) is 11.3 Å². The van der Waals surface area contributed by atoms with Crippen LogP contribution >= 0.6 is 0 Å². The maximum atomic E-state index is 13.5. The van der Waals surface area contributed by atoms with E-state index in [-0.39, 0.29) is 28.8 Å². The van der Waals surface area contributed by atoms with Crippen LogP contribution in [0.15, 0.2) is 47.4 Å². The summed E-state index contributed by atoms with van der Waals surface area (Å²) in [6.45, 7) is 9.36. The molecular weight excluding hydrogens is 476 g/mol. The molecule has 1 aliphatic carbocycles. The van der Waals surface area contributed by atoms with Crippen LogP contribution in [0.5, 0.6) is 0 Å². The highest BCUT2D eigenvalue weighted by Gasteiger charge is 2.44. The Bertz CT molecular complexity index is 1430. The van der Waals surface area contributed by atoms with Gasteiger partial charge in [-0.25, -0.2) is 23.4 Å². The molecule has 0 spiro atoms. The van der Waals surface area contributed by atoms with E-state index < -0.39 is 21.2 Å². The maximum absolute atomic E-state index is 13.5. The highest BCUT2D eigenvalue weighted by Crippen LogP contribution is 2.44. The van der Waals surface area contributed by atoms with Crippen molar-refractivity contribution in [3.63, 3.8) is 0 Å². The summed E-state index contributed by atoms with van der Waals surface area (Å²) in [6.07, 6.45) is 0.627. The first-order valence-corrected chi connectivity index (χ1v) is 13.5. The number of carbonyl (C=O) groups is 2. The molecule has 2 aromatic heterocycles. The van der Waals surface area contributed by atoms with E-state index in [1.807, 2.05) is 33.8 Å². The highest BCUT2D eigenvalue weighted by atomic mass is 32.2. The van der Waals surface area contributed by atoms with Gasteiger partial charge in [0.15, 0.2) is 15.6 Å². The van der Waals surface area contributed by atoms with Crippen molar-refractivity contribution in [2.24, 2.45) is 5.41 Å². The lowest BCUT2D eigenvalue weighted by atomic mass is 9.66. The van der Waals surface area contributed by atoms with E-state index in [1.165, 1.54) is 12.1 Å². The number of pyridine rings is 1. The lowest BCUT2D eigenvalue weighted by molar-refractivity contribution is -0.115. The summed E-state index contributed by atoms with van der Waals surface area (Å²) in [5.41, 5.74) is 3.00. The molecule has 2 heterocycles. The van der Waals surface area contributed by atoms with Crippen molar-refractivity contribution in [3.8, 4) is 0 Å². The van der Waals surface area contributed by atoms with E-state index >= 15 is 0 Å². The molecule has 0 aliphatic heterocycles. The van der Waals surface area contributed by atoms with Crippen molar-refractivity contribution in [2.45, 2.75) is 58.3 Å². The number of aryl methyl sites for hydroxylation is 2. The average molecular weight is 507 g/mol. The average Bonchev–Trinajstić information content (AvgIpc) is 2.78. The normalized spacial score (nSPS) is 16.9. The molecule has 188 valence electrons. The van der Waals surface area contributed by atoms with E-state index in [0.29, 0.717) is 34.9 Å². The van der Waals surface area contributed by atoms with Crippen LogP contribution in [-0.2, 0) is 27.5 Å². The standard InChI is InChI=1S/C27H30N4O4S/c1-6-36(34,35)19-9-7-18(8-10-19)14-24(32)31-23-12-11-20-22(30-23)15-27(4,5)25(26(20)33)21-13-16(2)28-17(3)29-21/h7-13,25H,6,14-15H2,1-5H3,(H,30,31,32). The van der Waals surface area contributed by atoms with E-state index in [1.54, 1.807) is 31.2 Å². The van der Waals surface area contributed by atoms with Crippen LogP contribution in [0.1, 0.15) is 65.5 Å². The number of aromatic nitrogens is 3. The van der Waals surface area contributed by atoms with Gasteiger partial charge in [0.25, 0.3) is 0 Å². The first-order valence-electron chi connectivity index (χ1n) is 11.9. The summed E-state index contributed by atoms with van der Waals surface area (Å²) in [5, 5.41) is 2.80.